The van der Waals surface area contributed by atoms with Gasteiger partial charge in [0.05, 0.1) is 40.6 Å². The van der Waals surface area contributed by atoms with E-state index in [-0.39, 0.29) is 48.9 Å². The van der Waals surface area contributed by atoms with Crippen LogP contribution in [0, 0.1) is 0 Å². The van der Waals surface area contributed by atoms with E-state index in [1.54, 1.807) is 37.5 Å². The number of hydrogen-bond donors (Lipinski definition) is 4. The number of benzene rings is 2. The van der Waals surface area contributed by atoms with Crippen LogP contribution in [0.25, 0.3) is 39.2 Å². The number of methoxy groups -OCH3 is 1. The summed E-state index contributed by atoms with van der Waals surface area (Å²) < 4.78 is 7.05. The number of nitrogens with zero attached hydrogens (tertiary/aromatic N) is 4. The first-order chi connectivity index (χ1) is 26.0. The summed E-state index contributed by atoms with van der Waals surface area (Å²) in [4.78, 5) is 59.7. The molecule has 54 heavy (non-hydrogen) atoms. The van der Waals surface area contributed by atoms with Gasteiger partial charge in [0.15, 0.2) is 0 Å². The molecule has 1 unspecified atom stereocenters. The molecule has 1 saturated carbocycles. The average Bonchev–Trinajstić information content (AvgIpc) is 3.86. The molecule has 278 valence electrons. The Bertz CT molecular complexity index is 2360. The number of hydrogen-bond acceptors (Lipinski definition) is 8. The lowest BCUT2D eigenvalue weighted by Gasteiger charge is -2.23. The molecule has 0 bridgehead atoms. The summed E-state index contributed by atoms with van der Waals surface area (Å²) in [5.74, 6) is 0.0809. The van der Waals surface area contributed by atoms with Gasteiger partial charge in [0.2, 0.25) is 17.7 Å². The maximum Gasteiger partial charge on any atom is 0.407 e. The summed E-state index contributed by atoms with van der Waals surface area (Å²) in [5.41, 5.74) is 4.55. The van der Waals surface area contributed by atoms with Gasteiger partial charge in [0.25, 0.3) is 5.56 Å². The number of aromatic nitrogens is 3. The van der Waals surface area contributed by atoms with Gasteiger partial charge in [-0.15, -0.1) is 0 Å². The van der Waals surface area contributed by atoms with Gasteiger partial charge < -0.3 is 25.4 Å². The van der Waals surface area contributed by atoms with E-state index in [0.717, 1.165) is 18.4 Å². The average molecular weight is 771 g/mol. The number of nitrogens with one attached hydrogen (secondary N) is 3. The molecule has 2 aliphatic rings. The van der Waals surface area contributed by atoms with Crippen molar-refractivity contribution < 1.29 is 24.2 Å². The van der Waals surface area contributed by atoms with Crippen LogP contribution in [0.1, 0.15) is 36.9 Å². The van der Waals surface area contributed by atoms with Crippen LogP contribution in [0.15, 0.2) is 77.7 Å². The van der Waals surface area contributed by atoms with Crippen LogP contribution in [-0.2, 0) is 22.7 Å². The molecule has 0 spiro atoms. The Labute approximate surface area is 320 Å². The number of fused-ring (bicyclic) bond motifs is 1. The predicted molar refractivity (Wildman–Crippen MR) is 205 cm³/mol. The van der Waals surface area contributed by atoms with Crippen molar-refractivity contribution in [3.63, 3.8) is 0 Å². The quantitative estimate of drug-likeness (QED) is 0.128. The van der Waals surface area contributed by atoms with Crippen molar-refractivity contribution in [3.8, 4) is 39.4 Å². The summed E-state index contributed by atoms with van der Waals surface area (Å²) in [7, 11) is 3.07. The molecule has 1 aliphatic carbocycles. The number of likely N-dealkylation sites (N-methyl/N-ethyl adjacent to an activating group) is 1. The topological polar surface area (TPSA) is 167 Å². The second-order valence-corrected chi connectivity index (χ2v) is 14.2. The first kappa shape index (κ1) is 36.8. The van der Waals surface area contributed by atoms with Crippen LogP contribution in [-0.4, -0.2) is 74.6 Å². The minimum Gasteiger partial charge on any atom is -0.481 e. The molecule has 7 rings (SSSR count). The maximum absolute atomic E-state index is 13.0. The van der Waals surface area contributed by atoms with Gasteiger partial charge >= 0.3 is 6.09 Å². The Morgan fingerprint density at radius 3 is 2.35 bits per heavy atom. The normalized spacial score (nSPS) is 15.9. The fraction of sp³-hybridized carbons (Fsp3) is 0.282. The number of amides is 3. The Balaban J connectivity index is 1.16. The molecule has 1 saturated heterocycles. The number of carbonyl (C=O) groups excluding carboxylic acids is 2. The molecule has 5 aromatic rings. The van der Waals surface area contributed by atoms with E-state index in [0.29, 0.717) is 67.7 Å². The highest BCUT2D eigenvalue weighted by molar-refractivity contribution is 6.39. The first-order valence-electron chi connectivity index (χ1n) is 17.4. The van der Waals surface area contributed by atoms with Crippen LogP contribution in [0.4, 0.5) is 4.79 Å². The number of ether oxygens (including phenoxy) is 1. The summed E-state index contributed by atoms with van der Waals surface area (Å²) in [6.07, 6.45) is 2.93. The van der Waals surface area contributed by atoms with E-state index in [1.165, 1.54) is 22.5 Å². The van der Waals surface area contributed by atoms with E-state index in [9.17, 15) is 24.3 Å². The lowest BCUT2D eigenvalue weighted by Crippen LogP contribution is -2.45. The zero-order chi connectivity index (χ0) is 38.1. The zero-order valence-corrected chi connectivity index (χ0v) is 31.0. The molecule has 1 aliphatic heterocycles. The highest BCUT2D eigenvalue weighted by Crippen LogP contribution is 2.42. The van der Waals surface area contributed by atoms with Gasteiger partial charge in [-0.05, 0) is 49.1 Å². The van der Waals surface area contributed by atoms with Crippen LogP contribution < -0.4 is 26.2 Å². The number of pyridine rings is 2. The van der Waals surface area contributed by atoms with Crippen molar-refractivity contribution >= 4 is 46.8 Å². The van der Waals surface area contributed by atoms with Crippen molar-refractivity contribution in [2.24, 2.45) is 0 Å². The van der Waals surface area contributed by atoms with Crippen LogP contribution in [0.3, 0.4) is 0 Å². The van der Waals surface area contributed by atoms with Crippen molar-refractivity contribution in [3.05, 3.63) is 105 Å². The number of halogens is 2. The standard InChI is InChI=1S/C39H37Cl2N7O6/c1-42-37(51)39(14-15-39)43-19-25-18-33(50)48-16-13-22(17-31(48)44-25)26-5-3-6-27(34(26)40)28-7-4-8-29(35(28)41)30-11-9-23(36(46-30)54-2)20-47(38(52)53)21-24-10-12-32(49)45-24/h3-9,11,13,16-18,24,43H,10,12,14-15,19-21H2,1-2H3,(H,42,51)(H,45,49)(H,52,53). The second kappa shape index (κ2) is 15.1. The third-order valence-electron chi connectivity index (χ3n) is 9.90. The summed E-state index contributed by atoms with van der Waals surface area (Å²) in [6, 6.07) is 19.5. The minimum atomic E-state index is -1.12. The SMILES string of the molecule is CNC(=O)C1(NCc2cc(=O)n3ccc(-c4cccc(-c5cccc(-c6ccc(CN(CC7CCC(=O)N7)C(=O)O)c(OC)n6)c5Cl)c4Cl)cc3n2)CC1. The molecular weight excluding hydrogens is 733 g/mol. The zero-order valence-electron chi connectivity index (χ0n) is 29.5. The summed E-state index contributed by atoms with van der Waals surface area (Å²) >= 11 is 14.2. The fourth-order valence-electron chi connectivity index (χ4n) is 6.83. The van der Waals surface area contributed by atoms with Gasteiger partial charge in [-0.3, -0.25) is 24.1 Å². The largest absolute Gasteiger partial charge is 0.481 e. The van der Waals surface area contributed by atoms with Crippen molar-refractivity contribution in [1.29, 1.82) is 0 Å². The molecule has 1 atom stereocenters. The number of carbonyl (C=O) groups is 3. The molecule has 13 nitrogen and oxygen atoms in total. The molecule has 4 N–H and O–H groups in total. The third-order valence-corrected chi connectivity index (χ3v) is 10.7. The lowest BCUT2D eigenvalue weighted by molar-refractivity contribution is -0.123. The number of carboxylic acid groups (broad SMARTS) is 1. The van der Waals surface area contributed by atoms with Crippen molar-refractivity contribution in [2.45, 2.75) is 50.4 Å². The molecular formula is C39H37Cl2N7O6. The van der Waals surface area contributed by atoms with Crippen molar-refractivity contribution in [2.75, 3.05) is 20.7 Å². The maximum atomic E-state index is 13.0. The Morgan fingerprint density at radius 2 is 1.70 bits per heavy atom. The second-order valence-electron chi connectivity index (χ2n) is 13.4. The van der Waals surface area contributed by atoms with Crippen LogP contribution in [0.5, 0.6) is 5.88 Å². The molecule has 15 heteroatoms. The molecule has 3 aromatic heterocycles. The summed E-state index contributed by atoms with van der Waals surface area (Å²) in [5, 5.41) is 19.5. The molecule has 4 heterocycles. The van der Waals surface area contributed by atoms with E-state index in [4.69, 9.17) is 37.9 Å². The Kier molecular flexibility index (Phi) is 10.3. The van der Waals surface area contributed by atoms with E-state index in [1.807, 2.05) is 36.4 Å². The van der Waals surface area contributed by atoms with E-state index in [2.05, 4.69) is 16.0 Å². The third kappa shape index (κ3) is 7.34. The molecule has 2 aromatic carbocycles. The smallest absolute Gasteiger partial charge is 0.407 e. The van der Waals surface area contributed by atoms with Gasteiger partial charge in [0.1, 0.15) is 5.65 Å². The van der Waals surface area contributed by atoms with Gasteiger partial charge in [-0.25, -0.2) is 14.8 Å². The van der Waals surface area contributed by atoms with Crippen LogP contribution in [0.2, 0.25) is 10.0 Å². The Hall–Kier alpha value is -5.50. The molecule has 0 radical (unpaired) electrons. The first-order valence-corrected chi connectivity index (χ1v) is 18.1. The highest BCUT2D eigenvalue weighted by Gasteiger charge is 2.49. The Morgan fingerprint density at radius 1 is 1.00 bits per heavy atom. The van der Waals surface area contributed by atoms with E-state index >= 15 is 0 Å². The highest BCUT2D eigenvalue weighted by atomic mass is 35.5. The predicted octanol–water partition coefficient (Wildman–Crippen LogP) is 5.53. The van der Waals surface area contributed by atoms with Gasteiger partial charge in [0, 0.05) is 72.7 Å². The van der Waals surface area contributed by atoms with Crippen molar-refractivity contribution in [1.82, 2.24) is 35.2 Å². The fourth-order valence-corrected chi connectivity index (χ4v) is 7.49. The molecule has 3 amide bonds. The van der Waals surface area contributed by atoms with Crippen LogP contribution >= 0.6 is 23.2 Å². The minimum absolute atomic E-state index is 0.0177. The summed E-state index contributed by atoms with van der Waals surface area (Å²) in [6.45, 7) is 0.428. The van der Waals surface area contributed by atoms with Gasteiger partial charge in [-0.2, -0.15) is 0 Å². The van der Waals surface area contributed by atoms with E-state index < -0.39 is 11.6 Å². The number of rotatable bonds is 12. The molecule has 2 fully saturated rings. The lowest BCUT2D eigenvalue weighted by atomic mass is 9.97. The van der Waals surface area contributed by atoms with Gasteiger partial charge in [-0.1, -0.05) is 59.6 Å². The monoisotopic (exact) mass is 769 g/mol.